The van der Waals surface area contributed by atoms with Crippen molar-refractivity contribution in [1.82, 2.24) is 10.1 Å². The van der Waals surface area contributed by atoms with Gasteiger partial charge in [-0.3, -0.25) is 10.1 Å². The maximum absolute atomic E-state index is 10.9. The van der Waals surface area contributed by atoms with E-state index in [1.54, 1.807) is 6.07 Å². The summed E-state index contributed by atoms with van der Waals surface area (Å²) in [5.41, 5.74) is 0.461. The molecule has 0 spiro atoms. The molecule has 0 saturated carbocycles. The smallest absolute Gasteiger partial charge is 0.311 e. The highest BCUT2D eigenvalue weighted by Gasteiger charge is 2.17. The minimum absolute atomic E-state index is 0.0283. The second-order valence-electron chi connectivity index (χ2n) is 4.18. The molecule has 9 heteroatoms. The summed E-state index contributed by atoms with van der Waals surface area (Å²) in [6.07, 6.45) is 2.95. The van der Waals surface area contributed by atoms with Crippen molar-refractivity contribution >= 4 is 17.3 Å². The fourth-order valence-corrected chi connectivity index (χ4v) is 1.88. The Hall–Kier alpha value is -2.87. The highest BCUT2D eigenvalue weighted by Crippen LogP contribution is 2.30. The highest BCUT2D eigenvalue weighted by molar-refractivity contribution is 6.30. The van der Waals surface area contributed by atoms with Crippen molar-refractivity contribution in [2.24, 2.45) is 0 Å². The summed E-state index contributed by atoms with van der Waals surface area (Å²) >= 11 is 5.81. The molecule has 1 aromatic carbocycles. The van der Waals surface area contributed by atoms with Crippen molar-refractivity contribution < 1.29 is 18.6 Å². The summed E-state index contributed by atoms with van der Waals surface area (Å²) in [4.78, 5) is 14.5. The predicted octanol–water partition coefficient (Wildman–Crippen LogP) is 3.47. The third-order valence-electron chi connectivity index (χ3n) is 2.72. The summed E-state index contributed by atoms with van der Waals surface area (Å²) in [5.74, 6) is 0.541. The van der Waals surface area contributed by atoms with Gasteiger partial charge in [0, 0.05) is 17.2 Å². The van der Waals surface area contributed by atoms with Crippen molar-refractivity contribution in [3.05, 3.63) is 57.8 Å². The molecule has 2 heterocycles. The van der Waals surface area contributed by atoms with Gasteiger partial charge in [-0.05, 0) is 12.1 Å². The van der Waals surface area contributed by atoms with Crippen LogP contribution in [0.4, 0.5) is 5.69 Å². The number of hydrogen-bond acceptors (Lipinski definition) is 7. The third-order valence-corrected chi connectivity index (χ3v) is 2.95. The molecule has 0 N–H and O–H groups in total. The molecule has 3 aromatic rings. The van der Waals surface area contributed by atoms with Gasteiger partial charge < -0.3 is 13.7 Å². The van der Waals surface area contributed by atoms with E-state index in [1.165, 1.54) is 30.7 Å². The summed E-state index contributed by atoms with van der Waals surface area (Å²) in [7, 11) is 0. The highest BCUT2D eigenvalue weighted by atomic mass is 35.5. The lowest BCUT2D eigenvalue weighted by atomic mass is 10.3. The van der Waals surface area contributed by atoms with Crippen LogP contribution in [0.2, 0.25) is 5.02 Å². The number of nitro benzene ring substituents is 1. The van der Waals surface area contributed by atoms with Crippen LogP contribution < -0.4 is 4.74 Å². The molecule has 0 fully saturated rings. The number of furan rings is 1. The van der Waals surface area contributed by atoms with E-state index in [-0.39, 0.29) is 23.9 Å². The van der Waals surface area contributed by atoms with E-state index in [4.69, 9.17) is 25.3 Å². The van der Waals surface area contributed by atoms with E-state index in [0.29, 0.717) is 16.4 Å². The lowest BCUT2D eigenvalue weighted by Gasteiger charge is -2.04. The van der Waals surface area contributed by atoms with Crippen molar-refractivity contribution in [3.8, 4) is 17.1 Å². The van der Waals surface area contributed by atoms with Crippen LogP contribution in [0.15, 0.2) is 45.7 Å². The molecule has 0 saturated heterocycles. The molecular weight excluding hydrogens is 314 g/mol. The quantitative estimate of drug-likeness (QED) is 0.523. The number of aromatic nitrogens is 2. The van der Waals surface area contributed by atoms with Crippen molar-refractivity contribution in [3.63, 3.8) is 0 Å². The molecule has 22 heavy (non-hydrogen) atoms. The van der Waals surface area contributed by atoms with Crippen LogP contribution in [-0.2, 0) is 6.61 Å². The van der Waals surface area contributed by atoms with E-state index in [2.05, 4.69) is 10.1 Å². The average Bonchev–Trinajstić information content (AvgIpc) is 3.16. The zero-order chi connectivity index (χ0) is 15.5. The molecule has 0 aliphatic carbocycles. The van der Waals surface area contributed by atoms with Gasteiger partial charge in [-0.15, -0.1) is 0 Å². The van der Waals surface area contributed by atoms with E-state index >= 15 is 0 Å². The van der Waals surface area contributed by atoms with Crippen LogP contribution in [0, 0.1) is 10.1 Å². The number of nitrogens with zero attached hydrogens (tertiary/aromatic N) is 3. The topological polar surface area (TPSA) is 104 Å². The number of rotatable bonds is 5. The molecular formula is C13H8ClN3O5. The number of hydrogen-bond donors (Lipinski definition) is 0. The van der Waals surface area contributed by atoms with Crippen LogP contribution >= 0.6 is 11.6 Å². The van der Waals surface area contributed by atoms with Gasteiger partial charge in [-0.2, -0.15) is 4.98 Å². The first-order valence-corrected chi connectivity index (χ1v) is 6.43. The summed E-state index contributed by atoms with van der Waals surface area (Å²) < 4.78 is 15.3. The first kappa shape index (κ1) is 14.1. The molecule has 2 aromatic heterocycles. The Kier molecular flexibility index (Phi) is 3.75. The number of halogens is 1. The Balaban J connectivity index is 1.76. The van der Waals surface area contributed by atoms with Crippen LogP contribution in [0.25, 0.3) is 11.4 Å². The molecule has 0 unspecified atom stereocenters. The van der Waals surface area contributed by atoms with Crippen LogP contribution in [0.1, 0.15) is 5.89 Å². The van der Waals surface area contributed by atoms with Gasteiger partial charge in [-0.25, -0.2) is 0 Å². The van der Waals surface area contributed by atoms with Gasteiger partial charge in [0.15, 0.2) is 12.4 Å². The number of benzene rings is 1. The third kappa shape index (κ3) is 2.91. The average molecular weight is 322 g/mol. The van der Waals surface area contributed by atoms with Crippen molar-refractivity contribution in [2.75, 3.05) is 0 Å². The van der Waals surface area contributed by atoms with Crippen LogP contribution in [0.5, 0.6) is 5.75 Å². The maximum atomic E-state index is 10.9. The fraction of sp³-hybridized carbons (Fsp3) is 0.0769. The van der Waals surface area contributed by atoms with Crippen molar-refractivity contribution in [2.45, 2.75) is 6.61 Å². The standard InChI is InChI=1S/C13H8ClN3O5/c14-9-1-2-10(17(18)19)11(5-9)21-7-12-15-13(16-22-12)8-3-4-20-6-8/h1-6H,7H2. The largest absolute Gasteiger partial charge is 0.477 e. The minimum atomic E-state index is -0.559. The van der Waals surface area contributed by atoms with E-state index in [0.717, 1.165) is 0 Å². The zero-order valence-electron chi connectivity index (χ0n) is 10.9. The Bertz CT molecular complexity index is 800. The van der Waals surface area contributed by atoms with Gasteiger partial charge in [0.1, 0.15) is 6.26 Å². The zero-order valence-corrected chi connectivity index (χ0v) is 11.7. The summed E-state index contributed by atoms with van der Waals surface area (Å²) in [6.45, 7) is -0.119. The molecule has 0 atom stereocenters. The second kappa shape index (κ2) is 5.86. The lowest BCUT2D eigenvalue weighted by Crippen LogP contribution is -1.99. The molecule has 0 bridgehead atoms. The van der Waals surface area contributed by atoms with E-state index in [9.17, 15) is 10.1 Å². The Morgan fingerprint density at radius 3 is 2.95 bits per heavy atom. The Labute approximate surface area is 128 Å². The lowest BCUT2D eigenvalue weighted by molar-refractivity contribution is -0.386. The Morgan fingerprint density at radius 2 is 2.23 bits per heavy atom. The number of nitro groups is 1. The van der Waals surface area contributed by atoms with Crippen LogP contribution in [0.3, 0.4) is 0 Å². The van der Waals surface area contributed by atoms with Crippen molar-refractivity contribution in [1.29, 1.82) is 0 Å². The molecule has 0 radical (unpaired) electrons. The minimum Gasteiger partial charge on any atom is -0.477 e. The summed E-state index contributed by atoms with van der Waals surface area (Å²) in [5, 5.41) is 15.0. The predicted molar refractivity (Wildman–Crippen MR) is 74.4 cm³/mol. The summed E-state index contributed by atoms with van der Waals surface area (Å²) in [6, 6.07) is 5.71. The Morgan fingerprint density at radius 1 is 1.36 bits per heavy atom. The van der Waals surface area contributed by atoms with Gasteiger partial charge in [-0.1, -0.05) is 16.8 Å². The van der Waals surface area contributed by atoms with Crippen LogP contribution in [-0.4, -0.2) is 15.1 Å². The molecule has 8 nitrogen and oxygen atoms in total. The van der Waals surface area contributed by atoms with Gasteiger partial charge in [0.25, 0.3) is 5.89 Å². The molecule has 0 amide bonds. The first-order chi connectivity index (χ1) is 10.6. The van der Waals surface area contributed by atoms with Gasteiger partial charge in [0.05, 0.1) is 16.7 Å². The van der Waals surface area contributed by atoms with E-state index in [1.807, 2.05) is 0 Å². The molecule has 0 aliphatic rings. The second-order valence-corrected chi connectivity index (χ2v) is 4.62. The monoisotopic (exact) mass is 321 g/mol. The van der Waals surface area contributed by atoms with Gasteiger partial charge in [0.2, 0.25) is 5.82 Å². The maximum Gasteiger partial charge on any atom is 0.311 e. The number of ether oxygens (including phenoxy) is 1. The van der Waals surface area contributed by atoms with Gasteiger partial charge >= 0.3 is 5.69 Å². The molecule has 112 valence electrons. The van der Waals surface area contributed by atoms with E-state index < -0.39 is 4.92 Å². The molecule has 0 aliphatic heterocycles. The normalized spacial score (nSPS) is 10.6. The SMILES string of the molecule is O=[N+]([O-])c1ccc(Cl)cc1OCc1nc(-c2ccoc2)no1. The fourth-order valence-electron chi connectivity index (χ4n) is 1.72. The first-order valence-electron chi connectivity index (χ1n) is 6.05. The molecule has 3 rings (SSSR count).